The Hall–Kier alpha value is -3.74. The van der Waals surface area contributed by atoms with Crippen LogP contribution in [0.25, 0.3) is 28.1 Å². The van der Waals surface area contributed by atoms with Crippen molar-refractivity contribution in [2.45, 2.75) is 6.54 Å². The predicted octanol–water partition coefficient (Wildman–Crippen LogP) is 5.84. The fraction of sp³-hybridized carbons (Fsp3) is 0.207. The second kappa shape index (κ2) is 10.3. The van der Waals surface area contributed by atoms with Gasteiger partial charge in [0.15, 0.2) is 0 Å². The Balaban J connectivity index is 1.44. The second-order valence-electron chi connectivity index (χ2n) is 8.72. The topological polar surface area (TPSA) is 49.4 Å². The minimum Gasteiger partial charge on any atom is -0.496 e. The van der Waals surface area contributed by atoms with Crippen LogP contribution in [0.4, 0.5) is 15.8 Å². The molecular weight excluding hydrogens is 439 g/mol. The molecule has 2 heterocycles. The van der Waals surface area contributed by atoms with E-state index in [1.165, 1.54) is 0 Å². The summed E-state index contributed by atoms with van der Waals surface area (Å²) >= 11 is 0. The first kappa shape index (κ1) is 23.0. The molecule has 1 aliphatic heterocycles. The van der Waals surface area contributed by atoms with Crippen LogP contribution < -0.4 is 15.4 Å². The van der Waals surface area contributed by atoms with E-state index >= 15 is 4.39 Å². The quantitative estimate of drug-likeness (QED) is 0.357. The van der Waals surface area contributed by atoms with Crippen LogP contribution in [0.5, 0.6) is 5.75 Å². The lowest BCUT2D eigenvalue weighted by atomic mass is 10.00. The normalized spacial score (nSPS) is 14.1. The number of rotatable bonds is 7. The summed E-state index contributed by atoms with van der Waals surface area (Å²) in [6.45, 7) is 8.57. The van der Waals surface area contributed by atoms with Crippen LogP contribution in [0, 0.1) is 5.82 Å². The van der Waals surface area contributed by atoms with Crippen LogP contribution in [-0.4, -0.2) is 43.2 Å². The fourth-order valence-corrected chi connectivity index (χ4v) is 4.57. The first-order valence-electron chi connectivity index (χ1n) is 11.8. The van der Waals surface area contributed by atoms with Gasteiger partial charge in [-0.2, -0.15) is 0 Å². The number of pyridine rings is 1. The SMILES string of the molecule is C=Cc1cc(Nc2ccnc3ccc(-c4ccc(CN5CCNCC5)cc4F)cc23)ccc1OC. The van der Waals surface area contributed by atoms with Gasteiger partial charge in [0.05, 0.1) is 12.6 Å². The van der Waals surface area contributed by atoms with Crippen molar-refractivity contribution in [3.05, 3.63) is 90.4 Å². The van der Waals surface area contributed by atoms with Crippen LogP contribution in [0.15, 0.2) is 73.4 Å². The Kier molecular flexibility index (Phi) is 6.75. The number of nitrogens with zero attached hydrogens (tertiary/aromatic N) is 2. The number of piperazine rings is 1. The van der Waals surface area contributed by atoms with Crippen LogP contribution in [0.3, 0.4) is 0 Å². The second-order valence-corrected chi connectivity index (χ2v) is 8.72. The fourth-order valence-electron chi connectivity index (χ4n) is 4.57. The van der Waals surface area contributed by atoms with Crippen molar-refractivity contribution in [1.29, 1.82) is 0 Å². The number of aromatic nitrogens is 1. The van der Waals surface area contributed by atoms with Gasteiger partial charge in [0.25, 0.3) is 0 Å². The summed E-state index contributed by atoms with van der Waals surface area (Å²) in [5.41, 5.74) is 5.95. The average molecular weight is 469 g/mol. The van der Waals surface area contributed by atoms with E-state index in [9.17, 15) is 0 Å². The zero-order valence-electron chi connectivity index (χ0n) is 19.9. The van der Waals surface area contributed by atoms with Crippen molar-refractivity contribution >= 4 is 28.4 Å². The molecule has 0 unspecified atom stereocenters. The van der Waals surface area contributed by atoms with E-state index in [1.807, 2.05) is 54.6 Å². The molecule has 35 heavy (non-hydrogen) atoms. The first-order valence-corrected chi connectivity index (χ1v) is 11.8. The highest BCUT2D eigenvalue weighted by molar-refractivity contribution is 5.95. The van der Waals surface area contributed by atoms with Gasteiger partial charge >= 0.3 is 0 Å². The molecule has 1 aromatic heterocycles. The van der Waals surface area contributed by atoms with Gasteiger partial charge in [-0.25, -0.2) is 4.39 Å². The van der Waals surface area contributed by atoms with E-state index < -0.39 is 0 Å². The molecule has 1 aliphatic rings. The number of nitrogens with one attached hydrogen (secondary N) is 2. The number of ether oxygens (including phenoxy) is 1. The molecule has 0 saturated carbocycles. The Morgan fingerprint density at radius 2 is 1.94 bits per heavy atom. The lowest BCUT2D eigenvalue weighted by molar-refractivity contribution is 0.233. The van der Waals surface area contributed by atoms with Crippen LogP contribution in [-0.2, 0) is 6.54 Å². The number of methoxy groups -OCH3 is 1. The third-order valence-electron chi connectivity index (χ3n) is 6.43. The Labute approximate surface area is 205 Å². The third kappa shape index (κ3) is 5.04. The number of halogens is 1. The molecule has 2 N–H and O–H groups in total. The molecule has 0 atom stereocenters. The Bertz CT molecular complexity index is 1360. The summed E-state index contributed by atoms with van der Waals surface area (Å²) in [4.78, 5) is 6.85. The van der Waals surface area contributed by atoms with E-state index in [2.05, 4.69) is 27.1 Å². The molecule has 0 radical (unpaired) electrons. The van der Waals surface area contributed by atoms with Gasteiger partial charge in [0, 0.05) is 66.8 Å². The molecule has 5 rings (SSSR count). The van der Waals surface area contributed by atoms with Crippen LogP contribution in [0.1, 0.15) is 11.1 Å². The van der Waals surface area contributed by atoms with E-state index in [4.69, 9.17) is 4.74 Å². The maximum absolute atomic E-state index is 15.2. The van der Waals surface area contributed by atoms with E-state index in [1.54, 1.807) is 25.4 Å². The van der Waals surface area contributed by atoms with Gasteiger partial charge in [-0.1, -0.05) is 30.9 Å². The highest BCUT2D eigenvalue weighted by Crippen LogP contribution is 2.32. The first-order chi connectivity index (χ1) is 17.1. The molecule has 178 valence electrons. The smallest absolute Gasteiger partial charge is 0.131 e. The summed E-state index contributed by atoms with van der Waals surface area (Å²) in [5.74, 6) is 0.560. The highest BCUT2D eigenvalue weighted by Gasteiger charge is 2.13. The number of benzene rings is 3. The molecule has 1 fully saturated rings. The van der Waals surface area contributed by atoms with Crippen LogP contribution >= 0.6 is 0 Å². The van der Waals surface area contributed by atoms with Gasteiger partial charge in [0.2, 0.25) is 0 Å². The number of hydrogen-bond acceptors (Lipinski definition) is 5. The zero-order chi connectivity index (χ0) is 24.2. The molecule has 0 spiro atoms. The number of fused-ring (bicyclic) bond motifs is 1. The largest absolute Gasteiger partial charge is 0.496 e. The summed E-state index contributed by atoms with van der Waals surface area (Å²) in [6.07, 6.45) is 3.54. The minimum absolute atomic E-state index is 0.207. The highest BCUT2D eigenvalue weighted by atomic mass is 19.1. The van der Waals surface area contributed by atoms with Crippen molar-refractivity contribution in [2.75, 3.05) is 38.6 Å². The molecule has 0 amide bonds. The number of hydrogen-bond donors (Lipinski definition) is 2. The van der Waals surface area contributed by atoms with Gasteiger partial charge in [-0.3, -0.25) is 9.88 Å². The summed E-state index contributed by atoms with van der Waals surface area (Å²) in [6, 6.07) is 19.2. The Morgan fingerprint density at radius 3 is 2.71 bits per heavy atom. The molecule has 4 aromatic rings. The zero-order valence-corrected chi connectivity index (χ0v) is 19.9. The summed E-state index contributed by atoms with van der Waals surface area (Å²) in [7, 11) is 1.64. The van der Waals surface area contributed by atoms with Gasteiger partial charge in [-0.05, 0) is 53.6 Å². The Morgan fingerprint density at radius 1 is 1.09 bits per heavy atom. The van der Waals surface area contributed by atoms with Crippen molar-refractivity contribution in [1.82, 2.24) is 15.2 Å². The molecular formula is C29H29FN4O. The standard InChI is InChI=1S/C29H29FN4O/c1-3-21-17-23(6-9-29(21)35-2)33-28-10-11-32-27-8-5-22(18-25(27)28)24-7-4-20(16-26(24)30)19-34-14-12-31-13-15-34/h3-11,16-18,31H,1,12-15,19H2,2H3,(H,32,33). The molecule has 0 aliphatic carbocycles. The van der Waals surface area contributed by atoms with Gasteiger partial charge < -0.3 is 15.4 Å². The maximum atomic E-state index is 15.2. The number of anilines is 2. The molecule has 6 heteroatoms. The van der Waals surface area contributed by atoms with Crippen molar-refractivity contribution in [2.24, 2.45) is 0 Å². The van der Waals surface area contributed by atoms with E-state index in [0.29, 0.717) is 5.56 Å². The summed E-state index contributed by atoms with van der Waals surface area (Å²) < 4.78 is 20.6. The molecule has 0 bridgehead atoms. The van der Waals surface area contributed by atoms with Gasteiger partial charge in [0.1, 0.15) is 11.6 Å². The third-order valence-corrected chi connectivity index (χ3v) is 6.43. The predicted molar refractivity (Wildman–Crippen MR) is 142 cm³/mol. The average Bonchev–Trinajstić information content (AvgIpc) is 2.89. The van der Waals surface area contributed by atoms with Crippen LogP contribution in [0.2, 0.25) is 0 Å². The molecule has 1 saturated heterocycles. The van der Waals surface area contributed by atoms with Crippen molar-refractivity contribution in [3.63, 3.8) is 0 Å². The maximum Gasteiger partial charge on any atom is 0.131 e. The van der Waals surface area contributed by atoms with E-state index in [-0.39, 0.29) is 5.82 Å². The van der Waals surface area contributed by atoms with Crippen molar-refractivity contribution in [3.8, 4) is 16.9 Å². The lowest BCUT2D eigenvalue weighted by Crippen LogP contribution is -2.42. The van der Waals surface area contributed by atoms with Crippen molar-refractivity contribution < 1.29 is 9.13 Å². The monoisotopic (exact) mass is 468 g/mol. The van der Waals surface area contributed by atoms with Gasteiger partial charge in [-0.15, -0.1) is 0 Å². The molecule has 3 aromatic carbocycles. The van der Waals surface area contributed by atoms with E-state index in [0.717, 1.165) is 77.4 Å². The summed E-state index contributed by atoms with van der Waals surface area (Å²) in [5, 5.41) is 7.75. The lowest BCUT2D eigenvalue weighted by Gasteiger charge is -2.27. The molecule has 5 nitrogen and oxygen atoms in total. The minimum atomic E-state index is -0.207.